The summed E-state index contributed by atoms with van der Waals surface area (Å²) in [6, 6.07) is 15.5. The third-order valence-corrected chi connectivity index (χ3v) is 8.08. The van der Waals surface area contributed by atoms with Crippen molar-refractivity contribution >= 4 is 19.9 Å². The van der Waals surface area contributed by atoms with E-state index in [2.05, 4.69) is 9.71 Å². The number of aliphatic hydroxyl groups is 1. The third-order valence-electron chi connectivity index (χ3n) is 4.60. The number of aromatic nitrogens is 1. The summed E-state index contributed by atoms with van der Waals surface area (Å²) in [5, 5.41) is 10.2. The van der Waals surface area contributed by atoms with Gasteiger partial charge in [-0.15, -0.1) is 0 Å². The van der Waals surface area contributed by atoms with E-state index in [0.29, 0.717) is 16.8 Å². The number of aliphatic hydroxyl groups excluding tert-OH is 1. The van der Waals surface area contributed by atoms with Crippen molar-refractivity contribution in [3.63, 3.8) is 0 Å². The molecule has 9 heteroatoms. The van der Waals surface area contributed by atoms with Crippen molar-refractivity contribution in [2.75, 3.05) is 6.54 Å². The average molecular weight is 447 g/mol. The molecule has 0 fully saturated rings. The van der Waals surface area contributed by atoms with Crippen LogP contribution >= 0.6 is 0 Å². The number of hydrogen-bond donors (Lipinski definition) is 2. The van der Waals surface area contributed by atoms with Crippen LogP contribution in [0.4, 0.5) is 0 Å². The predicted molar refractivity (Wildman–Crippen MR) is 112 cm³/mol. The van der Waals surface area contributed by atoms with Crippen LogP contribution in [0.5, 0.6) is 0 Å². The van der Waals surface area contributed by atoms with Crippen LogP contribution < -0.4 is 4.72 Å². The lowest BCUT2D eigenvalue weighted by Gasteiger charge is -2.15. The first-order chi connectivity index (χ1) is 14.1. The smallest absolute Gasteiger partial charge is 0.240 e. The molecule has 1 heterocycles. The van der Waals surface area contributed by atoms with E-state index < -0.39 is 26.0 Å². The van der Waals surface area contributed by atoms with Gasteiger partial charge >= 0.3 is 0 Å². The first-order valence-corrected chi connectivity index (χ1v) is 12.1. The number of sulfonamides is 1. The lowest BCUT2D eigenvalue weighted by atomic mass is 10.2. The van der Waals surface area contributed by atoms with Crippen molar-refractivity contribution in [1.82, 2.24) is 9.71 Å². The first kappa shape index (κ1) is 22.1. The number of nitrogens with one attached hydrogen (secondary N) is 1. The molecule has 3 rings (SSSR count). The van der Waals surface area contributed by atoms with Gasteiger partial charge in [-0.2, -0.15) is 0 Å². The molecule has 0 bridgehead atoms. The third kappa shape index (κ3) is 4.59. The molecule has 3 aromatic rings. The van der Waals surface area contributed by atoms with Crippen LogP contribution in [-0.4, -0.2) is 33.5 Å². The average Bonchev–Trinajstić information content (AvgIpc) is 2.73. The number of rotatable bonds is 7. The van der Waals surface area contributed by atoms with Crippen molar-refractivity contribution in [1.29, 1.82) is 0 Å². The Morgan fingerprint density at radius 3 is 2.17 bits per heavy atom. The highest BCUT2D eigenvalue weighted by Gasteiger charge is 2.26. The Morgan fingerprint density at radius 1 is 0.900 bits per heavy atom. The Labute approximate surface area is 176 Å². The van der Waals surface area contributed by atoms with Crippen LogP contribution in [-0.2, 0) is 19.9 Å². The summed E-state index contributed by atoms with van der Waals surface area (Å²) in [5.41, 5.74) is 1.18. The Balaban J connectivity index is 1.95. The highest BCUT2D eigenvalue weighted by Crippen LogP contribution is 2.28. The summed E-state index contributed by atoms with van der Waals surface area (Å²) >= 11 is 0. The summed E-state index contributed by atoms with van der Waals surface area (Å²) in [6.07, 6.45) is 0.358. The second-order valence-electron chi connectivity index (χ2n) is 6.82. The zero-order valence-corrected chi connectivity index (χ0v) is 18.1. The molecule has 2 N–H and O–H groups in total. The Bertz CT molecular complexity index is 1240. The number of benzene rings is 2. The summed E-state index contributed by atoms with van der Waals surface area (Å²) in [6.45, 7) is 2.92. The van der Waals surface area contributed by atoms with Gasteiger partial charge in [0.05, 0.1) is 20.4 Å². The van der Waals surface area contributed by atoms with Gasteiger partial charge in [0, 0.05) is 12.7 Å². The standard InChI is InChI=1S/C21H22N2O5S2/c1-15-12-16(2)21(13-20(15)29(25,26)17-8-4-3-5-9-17)30(27,28)23-14-19(24)18-10-6-7-11-22-18/h3-13,19,23-24H,14H2,1-2H3. The number of nitrogens with zero attached hydrogens (tertiary/aromatic N) is 1. The van der Waals surface area contributed by atoms with Gasteiger partial charge in [-0.1, -0.05) is 30.3 Å². The molecule has 0 saturated heterocycles. The highest BCUT2D eigenvalue weighted by molar-refractivity contribution is 7.91. The zero-order valence-electron chi connectivity index (χ0n) is 16.5. The summed E-state index contributed by atoms with van der Waals surface area (Å²) in [4.78, 5) is 3.84. The molecule has 0 spiro atoms. The minimum atomic E-state index is -4.08. The van der Waals surface area contributed by atoms with E-state index in [4.69, 9.17) is 0 Å². The van der Waals surface area contributed by atoms with E-state index in [1.54, 1.807) is 50.2 Å². The first-order valence-electron chi connectivity index (χ1n) is 9.13. The van der Waals surface area contributed by atoms with Gasteiger partial charge in [-0.3, -0.25) is 4.98 Å². The molecule has 2 aromatic carbocycles. The lowest BCUT2D eigenvalue weighted by Crippen LogP contribution is -2.29. The number of hydrogen-bond acceptors (Lipinski definition) is 6. The van der Waals surface area contributed by atoms with Gasteiger partial charge in [0.2, 0.25) is 19.9 Å². The molecule has 7 nitrogen and oxygen atoms in total. The Hall–Kier alpha value is -2.59. The Kier molecular flexibility index (Phi) is 6.37. The molecule has 0 radical (unpaired) electrons. The van der Waals surface area contributed by atoms with E-state index >= 15 is 0 Å². The van der Waals surface area contributed by atoms with Gasteiger partial charge < -0.3 is 5.11 Å². The molecule has 0 aliphatic carbocycles. The minimum absolute atomic E-state index is 0.0788. The molecule has 0 saturated carbocycles. The molecular formula is C21H22N2O5S2. The van der Waals surface area contributed by atoms with Crippen LogP contribution in [0.1, 0.15) is 22.9 Å². The normalized spacial score (nSPS) is 13.2. The van der Waals surface area contributed by atoms with E-state index in [1.165, 1.54) is 30.5 Å². The summed E-state index contributed by atoms with van der Waals surface area (Å²) in [7, 11) is -7.97. The van der Waals surface area contributed by atoms with E-state index in [0.717, 1.165) is 0 Å². The monoisotopic (exact) mass is 446 g/mol. The topological polar surface area (TPSA) is 113 Å². The van der Waals surface area contributed by atoms with Crippen molar-refractivity contribution in [2.24, 2.45) is 0 Å². The van der Waals surface area contributed by atoms with Crippen LogP contribution in [0.3, 0.4) is 0 Å². The maximum atomic E-state index is 13.0. The maximum Gasteiger partial charge on any atom is 0.240 e. The molecule has 0 amide bonds. The number of aryl methyl sites for hydroxylation is 2. The second-order valence-corrected chi connectivity index (χ2v) is 10.5. The molecule has 0 aliphatic rings. The quantitative estimate of drug-likeness (QED) is 0.577. The largest absolute Gasteiger partial charge is 0.385 e. The second kappa shape index (κ2) is 8.65. The van der Waals surface area contributed by atoms with Gasteiger partial charge in [0.15, 0.2) is 0 Å². The molecule has 1 atom stereocenters. The maximum absolute atomic E-state index is 13.0. The van der Waals surface area contributed by atoms with E-state index in [9.17, 15) is 21.9 Å². The summed E-state index contributed by atoms with van der Waals surface area (Å²) < 4.78 is 54.2. The van der Waals surface area contributed by atoms with Crippen LogP contribution in [0.2, 0.25) is 0 Å². The van der Waals surface area contributed by atoms with Crippen molar-refractivity contribution in [2.45, 2.75) is 34.6 Å². The van der Waals surface area contributed by atoms with Crippen molar-refractivity contribution in [3.05, 3.63) is 83.7 Å². The van der Waals surface area contributed by atoms with Crippen LogP contribution in [0.15, 0.2) is 81.5 Å². The van der Waals surface area contributed by atoms with E-state index in [1.807, 2.05) is 0 Å². The van der Waals surface area contributed by atoms with Crippen molar-refractivity contribution < 1.29 is 21.9 Å². The van der Waals surface area contributed by atoms with Crippen molar-refractivity contribution in [3.8, 4) is 0 Å². The van der Waals surface area contributed by atoms with Crippen LogP contribution in [0, 0.1) is 13.8 Å². The molecule has 158 valence electrons. The highest BCUT2D eigenvalue weighted by atomic mass is 32.2. The van der Waals surface area contributed by atoms with E-state index in [-0.39, 0.29) is 21.2 Å². The van der Waals surface area contributed by atoms with Crippen LogP contribution in [0.25, 0.3) is 0 Å². The predicted octanol–water partition coefficient (Wildman–Crippen LogP) is 2.54. The molecule has 0 aliphatic heterocycles. The molecule has 1 unspecified atom stereocenters. The number of pyridine rings is 1. The fourth-order valence-electron chi connectivity index (χ4n) is 3.06. The minimum Gasteiger partial charge on any atom is -0.385 e. The molecular weight excluding hydrogens is 424 g/mol. The van der Waals surface area contributed by atoms with Gasteiger partial charge in [0.25, 0.3) is 0 Å². The fourth-order valence-corrected chi connectivity index (χ4v) is 5.95. The SMILES string of the molecule is Cc1cc(C)c(S(=O)(=O)c2ccccc2)cc1S(=O)(=O)NCC(O)c1ccccn1. The lowest BCUT2D eigenvalue weighted by molar-refractivity contribution is 0.177. The van der Waals surface area contributed by atoms with Gasteiger partial charge in [-0.25, -0.2) is 21.6 Å². The van der Waals surface area contributed by atoms with Gasteiger partial charge in [0.1, 0.15) is 6.10 Å². The zero-order chi connectivity index (χ0) is 21.9. The van der Waals surface area contributed by atoms with Gasteiger partial charge in [-0.05, 0) is 55.3 Å². The Morgan fingerprint density at radius 2 is 1.53 bits per heavy atom. The fraction of sp³-hybridized carbons (Fsp3) is 0.190. The molecule has 30 heavy (non-hydrogen) atoms. The summed E-state index contributed by atoms with van der Waals surface area (Å²) in [5.74, 6) is 0. The number of sulfone groups is 1. The molecule has 1 aromatic heterocycles.